The average molecular weight is 457 g/mol. The predicted molar refractivity (Wildman–Crippen MR) is 123 cm³/mol. The van der Waals surface area contributed by atoms with E-state index in [0.29, 0.717) is 30.0 Å². The second kappa shape index (κ2) is 11.4. The average Bonchev–Trinajstić information content (AvgIpc) is 3.27. The van der Waals surface area contributed by atoms with E-state index in [4.69, 9.17) is 9.47 Å². The molecule has 2 aromatic carbocycles. The molecule has 1 unspecified atom stereocenters. The van der Waals surface area contributed by atoms with Crippen molar-refractivity contribution in [2.75, 3.05) is 40.5 Å². The summed E-state index contributed by atoms with van der Waals surface area (Å²) in [5.74, 6) is -0.171. The van der Waals surface area contributed by atoms with Crippen molar-refractivity contribution < 1.29 is 23.5 Å². The van der Waals surface area contributed by atoms with Gasteiger partial charge in [-0.15, -0.1) is 0 Å². The Balaban J connectivity index is 1.92. The predicted octanol–water partition coefficient (Wildman–Crippen LogP) is 3.19. The van der Waals surface area contributed by atoms with Crippen LogP contribution in [-0.2, 0) is 9.53 Å². The van der Waals surface area contributed by atoms with Gasteiger partial charge in [-0.1, -0.05) is 30.3 Å². The first-order chi connectivity index (χ1) is 16.0. The van der Waals surface area contributed by atoms with Gasteiger partial charge in [0.25, 0.3) is 5.91 Å². The number of urea groups is 1. The highest BCUT2D eigenvalue weighted by atomic mass is 19.1. The van der Waals surface area contributed by atoms with Crippen LogP contribution in [0.3, 0.4) is 0 Å². The summed E-state index contributed by atoms with van der Waals surface area (Å²) in [6.07, 6.45) is 0.332. The molecule has 176 valence electrons. The molecule has 3 amide bonds. The highest BCUT2D eigenvalue weighted by Gasteiger charge is 2.35. The van der Waals surface area contributed by atoms with Crippen LogP contribution in [-0.4, -0.2) is 68.0 Å². The van der Waals surface area contributed by atoms with Crippen molar-refractivity contribution in [3.8, 4) is 5.75 Å². The zero-order valence-electron chi connectivity index (χ0n) is 19.1. The second-order valence-electron chi connectivity index (χ2n) is 7.51. The van der Waals surface area contributed by atoms with Crippen LogP contribution < -0.4 is 10.1 Å². The molecule has 9 heteroatoms. The minimum absolute atomic E-state index is 0.213. The standard InChI is InChI=1S/C24H29FN4O4/c1-4-26-24(31)28(12-13-32-2)16-23(30)29-22(19-10-5-6-11-20(19)25)15-21(27-29)17-8-7-9-18(14-17)33-3/h5-11,14,22H,4,12-13,15-16H2,1-3H3,(H,26,31). The molecular weight excluding hydrogens is 427 g/mol. The van der Waals surface area contributed by atoms with Gasteiger partial charge >= 0.3 is 6.03 Å². The van der Waals surface area contributed by atoms with Gasteiger partial charge in [-0.25, -0.2) is 14.2 Å². The summed E-state index contributed by atoms with van der Waals surface area (Å²) < 4.78 is 25.1. The monoisotopic (exact) mass is 456 g/mol. The van der Waals surface area contributed by atoms with Crippen LogP contribution in [0, 0.1) is 5.82 Å². The number of carbonyl (C=O) groups is 2. The lowest BCUT2D eigenvalue weighted by molar-refractivity contribution is -0.133. The van der Waals surface area contributed by atoms with Crippen LogP contribution in [0.1, 0.15) is 30.5 Å². The van der Waals surface area contributed by atoms with E-state index in [-0.39, 0.29) is 25.7 Å². The summed E-state index contributed by atoms with van der Waals surface area (Å²) >= 11 is 0. The topological polar surface area (TPSA) is 83.5 Å². The van der Waals surface area contributed by atoms with Crippen LogP contribution in [0.5, 0.6) is 5.75 Å². The SMILES string of the molecule is CCNC(=O)N(CCOC)CC(=O)N1N=C(c2cccc(OC)c2)CC1c1ccccc1F. The fraction of sp³-hybridized carbons (Fsp3) is 0.375. The first kappa shape index (κ1) is 24.2. The number of amides is 3. The summed E-state index contributed by atoms with van der Waals surface area (Å²) in [7, 11) is 3.10. The van der Waals surface area contributed by atoms with Crippen LogP contribution in [0.15, 0.2) is 53.6 Å². The minimum atomic E-state index is -0.626. The number of ether oxygens (including phenoxy) is 2. The third-order valence-corrected chi connectivity index (χ3v) is 5.34. The lowest BCUT2D eigenvalue weighted by atomic mass is 9.98. The fourth-order valence-corrected chi connectivity index (χ4v) is 3.66. The van der Waals surface area contributed by atoms with Crippen molar-refractivity contribution in [1.82, 2.24) is 15.2 Å². The molecule has 0 saturated heterocycles. The van der Waals surface area contributed by atoms with Crippen molar-refractivity contribution in [2.45, 2.75) is 19.4 Å². The number of benzene rings is 2. The zero-order valence-corrected chi connectivity index (χ0v) is 19.1. The molecule has 8 nitrogen and oxygen atoms in total. The summed E-state index contributed by atoms with van der Waals surface area (Å²) in [4.78, 5) is 27.1. The van der Waals surface area contributed by atoms with Gasteiger partial charge in [0.15, 0.2) is 0 Å². The molecule has 1 heterocycles. The maximum Gasteiger partial charge on any atom is 0.317 e. The molecule has 3 rings (SSSR count). The normalized spacial score (nSPS) is 15.2. The number of halogens is 1. The molecule has 2 aromatic rings. The molecule has 0 radical (unpaired) electrons. The number of nitrogens with zero attached hydrogens (tertiary/aromatic N) is 3. The Kier molecular flexibility index (Phi) is 8.37. The first-order valence-corrected chi connectivity index (χ1v) is 10.8. The second-order valence-corrected chi connectivity index (χ2v) is 7.51. The van der Waals surface area contributed by atoms with Gasteiger partial charge in [0, 0.05) is 37.7 Å². The molecule has 1 atom stereocenters. The van der Waals surface area contributed by atoms with E-state index in [1.165, 1.54) is 23.1 Å². The molecule has 0 spiro atoms. The van der Waals surface area contributed by atoms with E-state index in [1.54, 1.807) is 32.2 Å². The van der Waals surface area contributed by atoms with Crippen molar-refractivity contribution >= 4 is 17.6 Å². The van der Waals surface area contributed by atoms with E-state index in [9.17, 15) is 14.0 Å². The highest BCUT2D eigenvalue weighted by Crippen LogP contribution is 2.34. The number of hydrogen-bond donors (Lipinski definition) is 1. The molecule has 1 aliphatic heterocycles. The van der Waals surface area contributed by atoms with Gasteiger partial charge in [0.2, 0.25) is 0 Å². The van der Waals surface area contributed by atoms with Crippen molar-refractivity contribution in [3.63, 3.8) is 0 Å². The Bertz CT molecular complexity index is 1010. The lowest BCUT2D eigenvalue weighted by Crippen LogP contribution is -2.47. The Morgan fingerprint density at radius 3 is 2.70 bits per heavy atom. The first-order valence-electron chi connectivity index (χ1n) is 10.8. The molecular formula is C24H29FN4O4. The van der Waals surface area contributed by atoms with Gasteiger partial charge in [0.05, 0.1) is 25.5 Å². The number of methoxy groups -OCH3 is 2. The van der Waals surface area contributed by atoms with Crippen LogP contribution in [0.25, 0.3) is 0 Å². The van der Waals surface area contributed by atoms with E-state index in [1.807, 2.05) is 24.3 Å². The Morgan fingerprint density at radius 2 is 2.00 bits per heavy atom. The fourth-order valence-electron chi connectivity index (χ4n) is 3.66. The molecule has 1 N–H and O–H groups in total. The number of hydrogen-bond acceptors (Lipinski definition) is 5. The van der Waals surface area contributed by atoms with E-state index in [0.717, 1.165) is 5.56 Å². The molecule has 0 aliphatic carbocycles. The van der Waals surface area contributed by atoms with Gasteiger partial charge < -0.3 is 19.7 Å². The third-order valence-electron chi connectivity index (χ3n) is 5.34. The third kappa shape index (κ3) is 5.87. The van der Waals surface area contributed by atoms with E-state index < -0.39 is 17.8 Å². The summed E-state index contributed by atoms with van der Waals surface area (Å²) in [6, 6.07) is 12.7. The van der Waals surface area contributed by atoms with Crippen molar-refractivity contribution in [1.29, 1.82) is 0 Å². The maximum atomic E-state index is 14.7. The smallest absolute Gasteiger partial charge is 0.317 e. The summed E-state index contributed by atoms with van der Waals surface area (Å²) in [5.41, 5.74) is 1.79. The zero-order chi connectivity index (χ0) is 23.8. The largest absolute Gasteiger partial charge is 0.497 e. The van der Waals surface area contributed by atoms with Crippen LogP contribution in [0.4, 0.5) is 9.18 Å². The molecule has 0 fully saturated rings. The van der Waals surface area contributed by atoms with E-state index in [2.05, 4.69) is 10.4 Å². The van der Waals surface area contributed by atoms with Crippen LogP contribution in [0.2, 0.25) is 0 Å². The highest BCUT2D eigenvalue weighted by molar-refractivity contribution is 6.03. The van der Waals surface area contributed by atoms with Gasteiger partial charge in [-0.05, 0) is 25.1 Å². The molecule has 0 aromatic heterocycles. The number of hydrazone groups is 1. The number of nitrogens with one attached hydrogen (secondary N) is 1. The lowest BCUT2D eigenvalue weighted by Gasteiger charge is -2.27. The molecule has 1 aliphatic rings. The summed E-state index contributed by atoms with van der Waals surface area (Å²) in [5, 5.41) is 8.54. The Morgan fingerprint density at radius 1 is 1.21 bits per heavy atom. The van der Waals surface area contributed by atoms with Gasteiger partial charge in [-0.3, -0.25) is 4.79 Å². The van der Waals surface area contributed by atoms with Crippen molar-refractivity contribution in [3.05, 3.63) is 65.5 Å². The van der Waals surface area contributed by atoms with Crippen molar-refractivity contribution in [2.24, 2.45) is 5.10 Å². The quantitative estimate of drug-likeness (QED) is 0.628. The minimum Gasteiger partial charge on any atom is -0.497 e. The van der Waals surface area contributed by atoms with E-state index >= 15 is 0 Å². The van der Waals surface area contributed by atoms with Crippen LogP contribution >= 0.6 is 0 Å². The maximum absolute atomic E-state index is 14.7. The Labute approximate surface area is 193 Å². The molecule has 0 bridgehead atoms. The number of rotatable bonds is 9. The summed E-state index contributed by atoms with van der Waals surface area (Å²) in [6.45, 7) is 2.52. The number of carbonyl (C=O) groups excluding carboxylic acids is 2. The van der Waals surface area contributed by atoms with Gasteiger partial charge in [0.1, 0.15) is 18.1 Å². The molecule has 33 heavy (non-hydrogen) atoms. The Hall–Kier alpha value is -3.46. The molecule has 0 saturated carbocycles. The van der Waals surface area contributed by atoms with Gasteiger partial charge in [-0.2, -0.15) is 5.10 Å².